The van der Waals surface area contributed by atoms with E-state index in [0.29, 0.717) is 44.4 Å². The molecule has 1 aromatic rings. The predicted octanol–water partition coefficient (Wildman–Crippen LogP) is 0.982. The number of hydrogen-bond donors (Lipinski definition) is 0. The summed E-state index contributed by atoms with van der Waals surface area (Å²) in [5, 5.41) is 5.67. The van der Waals surface area contributed by atoms with Gasteiger partial charge in [0.15, 0.2) is 5.82 Å². The van der Waals surface area contributed by atoms with E-state index in [0.717, 1.165) is 26.0 Å². The van der Waals surface area contributed by atoms with Crippen LogP contribution in [0.1, 0.15) is 37.9 Å². The Labute approximate surface area is 130 Å². The molecule has 2 rings (SSSR count). The molecule has 1 aliphatic heterocycles. The van der Waals surface area contributed by atoms with Crippen molar-refractivity contribution in [1.29, 1.82) is 0 Å². The molecule has 0 aliphatic carbocycles. The molecule has 1 aliphatic rings. The first-order valence-corrected chi connectivity index (χ1v) is 7.69. The van der Waals surface area contributed by atoms with Crippen molar-refractivity contribution in [2.45, 2.75) is 39.3 Å². The number of hydrogen-bond acceptors (Lipinski definition) is 7. The first kappa shape index (κ1) is 16.9. The Balaban J connectivity index is 1.79. The van der Waals surface area contributed by atoms with Gasteiger partial charge in [-0.3, -0.25) is 9.63 Å². The molecule has 0 atom stereocenters. The van der Waals surface area contributed by atoms with Gasteiger partial charge in [0.2, 0.25) is 11.8 Å². The van der Waals surface area contributed by atoms with Crippen LogP contribution < -0.4 is 0 Å². The fourth-order valence-electron chi connectivity index (χ4n) is 2.28. The molecule has 0 bridgehead atoms. The molecule has 2 heterocycles. The van der Waals surface area contributed by atoms with Crippen LogP contribution in [0.5, 0.6) is 0 Å². The Morgan fingerprint density at radius 1 is 1.45 bits per heavy atom. The summed E-state index contributed by atoms with van der Waals surface area (Å²) in [6, 6.07) is 0. The van der Waals surface area contributed by atoms with E-state index >= 15 is 0 Å². The Bertz CT molecular complexity index is 459. The molecule has 0 saturated carbocycles. The van der Waals surface area contributed by atoms with Crippen molar-refractivity contribution in [3.63, 3.8) is 0 Å². The standard InChI is InChI=1S/C14H24N4O4/c1-3-17(10-13-15-12(11-20-2)16-22-13)14(19)6-8-18-7-4-5-9-21-18/h3-11H2,1-2H3. The summed E-state index contributed by atoms with van der Waals surface area (Å²) in [6.45, 7) is 5.42. The van der Waals surface area contributed by atoms with E-state index in [1.54, 1.807) is 12.0 Å². The highest BCUT2D eigenvalue weighted by molar-refractivity contribution is 5.76. The third kappa shape index (κ3) is 5.04. The van der Waals surface area contributed by atoms with Gasteiger partial charge in [-0.1, -0.05) is 5.16 Å². The zero-order valence-corrected chi connectivity index (χ0v) is 13.3. The summed E-state index contributed by atoms with van der Waals surface area (Å²) in [7, 11) is 1.57. The number of methoxy groups -OCH3 is 1. The highest BCUT2D eigenvalue weighted by Gasteiger charge is 2.18. The summed E-state index contributed by atoms with van der Waals surface area (Å²) in [6.07, 6.45) is 2.63. The minimum absolute atomic E-state index is 0.0585. The molecule has 1 amide bonds. The molecule has 1 fully saturated rings. The summed E-state index contributed by atoms with van der Waals surface area (Å²) in [5.74, 6) is 0.974. The minimum Gasteiger partial charge on any atom is -0.377 e. The maximum Gasteiger partial charge on any atom is 0.246 e. The van der Waals surface area contributed by atoms with Crippen LogP contribution in [-0.4, -0.2) is 59.4 Å². The number of carbonyl (C=O) groups is 1. The minimum atomic E-state index is 0.0585. The normalized spacial score (nSPS) is 15.9. The molecule has 22 heavy (non-hydrogen) atoms. The number of rotatable bonds is 8. The lowest BCUT2D eigenvalue weighted by molar-refractivity contribution is -0.182. The van der Waals surface area contributed by atoms with Gasteiger partial charge < -0.3 is 14.2 Å². The van der Waals surface area contributed by atoms with Crippen LogP contribution in [-0.2, 0) is 27.5 Å². The lowest BCUT2D eigenvalue weighted by Gasteiger charge is -2.26. The summed E-state index contributed by atoms with van der Waals surface area (Å²) in [5.41, 5.74) is 0. The lowest BCUT2D eigenvalue weighted by Crippen LogP contribution is -2.36. The highest BCUT2D eigenvalue weighted by atomic mass is 16.7. The number of ether oxygens (including phenoxy) is 1. The van der Waals surface area contributed by atoms with Crippen molar-refractivity contribution >= 4 is 5.91 Å². The van der Waals surface area contributed by atoms with Crippen LogP contribution in [0, 0.1) is 0 Å². The zero-order valence-electron chi connectivity index (χ0n) is 13.3. The fourth-order valence-corrected chi connectivity index (χ4v) is 2.28. The van der Waals surface area contributed by atoms with Crippen molar-refractivity contribution in [1.82, 2.24) is 20.1 Å². The van der Waals surface area contributed by atoms with E-state index in [1.807, 2.05) is 12.0 Å². The molecular weight excluding hydrogens is 288 g/mol. The average molecular weight is 312 g/mol. The lowest BCUT2D eigenvalue weighted by atomic mass is 10.3. The van der Waals surface area contributed by atoms with Crippen LogP contribution in [0.15, 0.2) is 4.52 Å². The number of hydroxylamine groups is 2. The quantitative estimate of drug-likeness (QED) is 0.708. The maximum absolute atomic E-state index is 12.3. The van der Waals surface area contributed by atoms with E-state index < -0.39 is 0 Å². The van der Waals surface area contributed by atoms with Gasteiger partial charge in [0.25, 0.3) is 0 Å². The Kier molecular flexibility index (Phi) is 6.75. The SMILES string of the molecule is CCN(Cc1nc(COC)no1)C(=O)CCN1CCCCO1. The summed E-state index contributed by atoms with van der Waals surface area (Å²) < 4.78 is 10.1. The number of nitrogens with zero attached hydrogens (tertiary/aromatic N) is 4. The molecule has 0 N–H and O–H groups in total. The van der Waals surface area contributed by atoms with Crippen LogP contribution in [0.3, 0.4) is 0 Å². The van der Waals surface area contributed by atoms with E-state index in [1.165, 1.54) is 0 Å². The molecule has 0 unspecified atom stereocenters. The van der Waals surface area contributed by atoms with Crippen LogP contribution in [0.25, 0.3) is 0 Å². The van der Waals surface area contributed by atoms with Crippen molar-refractivity contribution < 1.29 is 18.9 Å². The average Bonchev–Trinajstić information content (AvgIpc) is 2.99. The number of amides is 1. The fraction of sp³-hybridized carbons (Fsp3) is 0.786. The van der Waals surface area contributed by atoms with Crippen LogP contribution in [0.4, 0.5) is 0 Å². The van der Waals surface area contributed by atoms with Crippen molar-refractivity contribution in [2.75, 3.05) is 33.4 Å². The van der Waals surface area contributed by atoms with Crippen molar-refractivity contribution in [3.05, 3.63) is 11.7 Å². The molecular formula is C14H24N4O4. The van der Waals surface area contributed by atoms with Crippen molar-refractivity contribution in [2.24, 2.45) is 0 Å². The largest absolute Gasteiger partial charge is 0.377 e. The number of carbonyl (C=O) groups excluding carboxylic acids is 1. The van der Waals surface area contributed by atoms with Crippen LogP contribution in [0.2, 0.25) is 0 Å². The second kappa shape index (κ2) is 8.82. The Morgan fingerprint density at radius 3 is 3.00 bits per heavy atom. The summed E-state index contributed by atoms with van der Waals surface area (Å²) in [4.78, 5) is 23.7. The van der Waals surface area contributed by atoms with Gasteiger partial charge in [-0.15, -0.1) is 0 Å². The van der Waals surface area contributed by atoms with Gasteiger partial charge in [0.1, 0.15) is 6.61 Å². The monoisotopic (exact) mass is 312 g/mol. The molecule has 0 radical (unpaired) electrons. The van der Waals surface area contributed by atoms with E-state index in [4.69, 9.17) is 14.1 Å². The van der Waals surface area contributed by atoms with E-state index in [9.17, 15) is 4.79 Å². The zero-order chi connectivity index (χ0) is 15.8. The Hall–Kier alpha value is -1.51. The van der Waals surface area contributed by atoms with Gasteiger partial charge in [-0.25, -0.2) is 0 Å². The molecule has 1 aromatic heterocycles. The topological polar surface area (TPSA) is 80.9 Å². The van der Waals surface area contributed by atoms with Gasteiger partial charge in [0, 0.05) is 33.2 Å². The summed E-state index contributed by atoms with van der Waals surface area (Å²) >= 11 is 0. The first-order valence-electron chi connectivity index (χ1n) is 7.69. The second-order valence-corrected chi connectivity index (χ2v) is 5.16. The molecule has 0 aromatic carbocycles. The van der Waals surface area contributed by atoms with Gasteiger partial charge in [-0.05, 0) is 19.8 Å². The molecule has 1 saturated heterocycles. The van der Waals surface area contributed by atoms with Crippen LogP contribution >= 0.6 is 0 Å². The van der Waals surface area contributed by atoms with E-state index in [-0.39, 0.29) is 5.91 Å². The third-order valence-electron chi connectivity index (χ3n) is 3.49. The second-order valence-electron chi connectivity index (χ2n) is 5.16. The smallest absolute Gasteiger partial charge is 0.246 e. The molecule has 0 spiro atoms. The van der Waals surface area contributed by atoms with Gasteiger partial charge in [-0.2, -0.15) is 10.0 Å². The first-order chi connectivity index (χ1) is 10.7. The highest BCUT2D eigenvalue weighted by Crippen LogP contribution is 2.09. The van der Waals surface area contributed by atoms with Gasteiger partial charge >= 0.3 is 0 Å². The molecule has 8 nitrogen and oxygen atoms in total. The molecule has 8 heteroatoms. The van der Waals surface area contributed by atoms with E-state index in [2.05, 4.69) is 10.1 Å². The predicted molar refractivity (Wildman–Crippen MR) is 77.5 cm³/mol. The third-order valence-corrected chi connectivity index (χ3v) is 3.49. The molecule has 124 valence electrons. The Morgan fingerprint density at radius 2 is 2.32 bits per heavy atom. The maximum atomic E-state index is 12.3. The number of aromatic nitrogens is 2. The van der Waals surface area contributed by atoms with Crippen molar-refractivity contribution in [3.8, 4) is 0 Å². The van der Waals surface area contributed by atoms with Gasteiger partial charge in [0.05, 0.1) is 13.2 Å².